The van der Waals surface area contributed by atoms with Gasteiger partial charge in [-0.05, 0) is 24.6 Å². The van der Waals surface area contributed by atoms with Gasteiger partial charge in [0.15, 0.2) is 0 Å². The second kappa shape index (κ2) is 7.14. The Bertz CT molecular complexity index is 371. The summed E-state index contributed by atoms with van der Waals surface area (Å²) in [7, 11) is 1.73. The molecule has 1 aromatic carbocycles. The van der Waals surface area contributed by atoms with Crippen molar-refractivity contribution in [2.45, 2.75) is 6.42 Å². The van der Waals surface area contributed by atoms with Gasteiger partial charge in [0.1, 0.15) is 5.75 Å². The highest BCUT2D eigenvalue weighted by Crippen LogP contribution is 2.17. The summed E-state index contributed by atoms with van der Waals surface area (Å²) >= 11 is 5.82. The number of amides is 1. The Balaban J connectivity index is 2.22. The molecule has 0 aliphatic rings. The maximum atomic E-state index is 11.2. The van der Waals surface area contributed by atoms with Crippen molar-refractivity contribution in [1.82, 2.24) is 4.90 Å². The summed E-state index contributed by atoms with van der Waals surface area (Å²) in [6.45, 7) is 1.23. The molecule has 17 heavy (non-hydrogen) atoms. The van der Waals surface area contributed by atoms with E-state index >= 15 is 0 Å². The SMILES string of the molecule is CN(CCCOc1cccc(Cl)c1)C(=O)CN. The summed E-state index contributed by atoms with van der Waals surface area (Å²) in [6, 6.07) is 7.24. The van der Waals surface area contributed by atoms with Gasteiger partial charge in [0, 0.05) is 18.6 Å². The fourth-order valence-electron chi connectivity index (χ4n) is 1.33. The first-order chi connectivity index (χ1) is 8.13. The number of rotatable bonds is 6. The van der Waals surface area contributed by atoms with Gasteiger partial charge < -0.3 is 15.4 Å². The van der Waals surface area contributed by atoms with Gasteiger partial charge in [-0.25, -0.2) is 0 Å². The average molecular weight is 257 g/mol. The molecule has 0 aromatic heterocycles. The van der Waals surface area contributed by atoms with Crippen LogP contribution in [0.15, 0.2) is 24.3 Å². The van der Waals surface area contributed by atoms with Crippen LogP contribution < -0.4 is 10.5 Å². The maximum absolute atomic E-state index is 11.2. The Morgan fingerprint density at radius 1 is 1.53 bits per heavy atom. The Hall–Kier alpha value is -1.26. The van der Waals surface area contributed by atoms with Gasteiger partial charge in [-0.2, -0.15) is 0 Å². The number of halogens is 1. The molecular weight excluding hydrogens is 240 g/mol. The topological polar surface area (TPSA) is 55.6 Å². The zero-order valence-electron chi connectivity index (χ0n) is 9.86. The first-order valence-electron chi connectivity index (χ1n) is 5.46. The van der Waals surface area contributed by atoms with Crippen LogP contribution in [-0.4, -0.2) is 37.6 Å². The summed E-state index contributed by atoms with van der Waals surface area (Å²) in [5, 5.41) is 0.651. The van der Waals surface area contributed by atoms with Crippen LogP contribution in [-0.2, 0) is 4.79 Å². The van der Waals surface area contributed by atoms with Crippen molar-refractivity contribution in [3.63, 3.8) is 0 Å². The Morgan fingerprint density at radius 2 is 2.29 bits per heavy atom. The fraction of sp³-hybridized carbons (Fsp3) is 0.417. The fourth-order valence-corrected chi connectivity index (χ4v) is 1.51. The van der Waals surface area contributed by atoms with E-state index in [9.17, 15) is 4.79 Å². The molecule has 0 aliphatic heterocycles. The van der Waals surface area contributed by atoms with Crippen molar-refractivity contribution in [2.24, 2.45) is 5.73 Å². The maximum Gasteiger partial charge on any atom is 0.236 e. The number of carbonyl (C=O) groups is 1. The highest BCUT2D eigenvalue weighted by Gasteiger charge is 2.05. The molecule has 94 valence electrons. The zero-order valence-corrected chi connectivity index (χ0v) is 10.6. The van der Waals surface area contributed by atoms with E-state index in [0.29, 0.717) is 18.2 Å². The molecule has 0 unspecified atom stereocenters. The smallest absolute Gasteiger partial charge is 0.236 e. The molecule has 1 amide bonds. The number of hydrogen-bond donors (Lipinski definition) is 1. The lowest BCUT2D eigenvalue weighted by Gasteiger charge is -2.16. The van der Waals surface area contributed by atoms with Crippen LogP contribution in [0.3, 0.4) is 0 Å². The summed E-state index contributed by atoms with van der Waals surface area (Å²) in [5.74, 6) is 0.679. The molecule has 0 spiro atoms. The standard InChI is InChI=1S/C12H17ClN2O2/c1-15(12(16)9-14)6-3-7-17-11-5-2-4-10(13)8-11/h2,4-5,8H,3,6-7,9,14H2,1H3. The van der Waals surface area contributed by atoms with Gasteiger partial charge in [-0.1, -0.05) is 17.7 Å². The van der Waals surface area contributed by atoms with Crippen molar-refractivity contribution in [3.8, 4) is 5.75 Å². The molecule has 0 atom stereocenters. The van der Waals surface area contributed by atoms with Gasteiger partial charge in [-0.3, -0.25) is 4.79 Å². The Morgan fingerprint density at radius 3 is 2.94 bits per heavy atom. The zero-order chi connectivity index (χ0) is 12.7. The molecule has 0 aliphatic carbocycles. The second-order valence-corrected chi connectivity index (χ2v) is 4.12. The van der Waals surface area contributed by atoms with E-state index in [1.54, 1.807) is 24.1 Å². The third kappa shape index (κ3) is 5.06. The van der Waals surface area contributed by atoms with Crippen LogP contribution >= 0.6 is 11.6 Å². The quantitative estimate of drug-likeness (QED) is 0.786. The van der Waals surface area contributed by atoms with Crippen molar-refractivity contribution >= 4 is 17.5 Å². The molecular formula is C12H17ClN2O2. The Labute approximate surface area is 106 Å². The van der Waals surface area contributed by atoms with Crippen LogP contribution in [0.4, 0.5) is 0 Å². The average Bonchev–Trinajstić information content (AvgIpc) is 2.33. The van der Waals surface area contributed by atoms with Crippen molar-refractivity contribution in [2.75, 3.05) is 26.7 Å². The molecule has 0 radical (unpaired) electrons. The molecule has 2 N–H and O–H groups in total. The molecule has 1 rings (SSSR count). The van der Waals surface area contributed by atoms with Crippen LogP contribution in [0.5, 0.6) is 5.75 Å². The van der Waals surface area contributed by atoms with Gasteiger partial charge in [0.05, 0.1) is 13.2 Å². The van der Waals surface area contributed by atoms with Crippen molar-refractivity contribution in [3.05, 3.63) is 29.3 Å². The number of nitrogens with two attached hydrogens (primary N) is 1. The van der Waals surface area contributed by atoms with E-state index < -0.39 is 0 Å². The molecule has 0 heterocycles. The van der Waals surface area contributed by atoms with E-state index in [0.717, 1.165) is 12.2 Å². The van der Waals surface area contributed by atoms with Crippen LogP contribution in [0, 0.1) is 0 Å². The van der Waals surface area contributed by atoms with E-state index in [1.807, 2.05) is 12.1 Å². The lowest BCUT2D eigenvalue weighted by atomic mass is 10.3. The van der Waals surface area contributed by atoms with Crippen molar-refractivity contribution < 1.29 is 9.53 Å². The summed E-state index contributed by atoms with van der Waals surface area (Å²) < 4.78 is 5.50. The first-order valence-corrected chi connectivity index (χ1v) is 5.83. The second-order valence-electron chi connectivity index (χ2n) is 3.68. The van der Waals surface area contributed by atoms with E-state index in [4.69, 9.17) is 22.1 Å². The predicted molar refractivity (Wildman–Crippen MR) is 68.3 cm³/mol. The van der Waals surface area contributed by atoms with Crippen LogP contribution in [0.25, 0.3) is 0 Å². The lowest BCUT2D eigenvalue weighted by Crippen LogP contribution is -2.33. The number of nitrogens with zero attached hydrogens (tertiary/aromatic N) is 1. The third-order valence-corrected chi connectivity index (χ3v) is 2.54. The molecule has 4 nitrogen and oxygen atoms in total. The minimum Gasteiger partial charge on any atom is -0.493 e. The number of ether oxygens (including phenoxy) is 1. The molecule has 0 saturated carbocycles. The normalized spacial score (nSPS) is 10.1. The van der Waals surface area contributed by atoms with Crippen molar-refractivity contribution in [1.29, 1.82) is 0 Å². The number of benzene rings is 1. The minimum atomic E-state index is -0.0623. The van der Waals surface area contributed by atoms with E-state index in [2.05, 4.69) is 0 Å². The lowest BCUT2D eigenvalue weighted by molar-refractivity contribution is -0.128. The number of carbonyl (C=O) groups excluding carboxylic acids is 1. The molecule has 5 heteroatoms. The highest BCUT2D eigenvalue weighted by molar-refractivity contribution is 6.30. The van der Waals surface area contributed by atoms with Gasteiger partial charge in [-0.15, -0.1) is 0 Å². The van der Waals surface area contributed by atoms with E-state index in [-0.39, 0.29) is 12.5 Å². The Kier molecular flexibility index (Phi) is 5.80. The number of hydrogen-bond acceptors (Lipinski definition) is 3. The molecule has 0 fully saturated rings. The summed E-state index contributed by atoms with van der Waals surface area (Å²) in [6.07, 6.45) is 0.759. The predicted octanol–water partition coefficient (Wildman–Crippen LogP) is 1.53. The molecule has 0 bridgehead atoms. The van der Waals surface area contributed by atoms with Gasteiger partial charge in [0.25, 0.3) is 0 Å². The molecule has 0 saturated heterocycles. The number of likely N-dealkylation sites (N-methyl/N-ethyl adjacent to an activating group) is 1. The molecule has 1 aromatic rings. The largest absolute Gasteiger partial charge is 0.493 e. The van der Waals surface area contributed by atoms with Gasteiger partial charge in [0.2, 0.25) is 5.91 Å². The van der Waals surface area contributed by atoms with Crippen LogP contribution in [0.1, 0.15) is 6.42 Å². The first kappa shape index (κ1) is 13.8. The van der Waals surface area contributed by atoms with Gasteiger partial charge >= 0.3 is 0 Å². The highest BCUT2D eigenvalue weighted by atomic mass is 35.5. The monoisotopic (exact) mass is 256 g/mol. The van der Waals surface area contributed by atoms with Crippen LogP contribution in [0.2, 0.25) is 5.02 Å². The summed E-state index contributed by atoms with van der Waals surface area (Å²) in [4.78, 5) is 12.8. The third-order valence-electron chi connectivity index (χ3n) is 2.30. The minimum absolute atomic E-state index is 0.0473. The summed E-state index contributed by atoms with van der Waals surface area (Å²) in [5.41, 5.74) is 5.25. The van der Waals surface area contributed by atoms with E-state index in [1.165, 1.54) is 0 Å².